The van der Waals surface area contributed by atoms with Crippen LogP contribution in [0.25, 0.3) is 0 Å². The molecule has 21 heavy (non-hydrogen) atoms. The predicted octanol–water partition coefficient (Wildman–Crippen LogP) is 0.909. The average Bonchev–Trinajstić information content (AvgIpc) is 2.44. The van der Waals surface area contributed by atoms with Crippen molar-refractivity contribution in [2.75, 3.05) is 13.7 Å². The Morgan fingerprint density at radius 3 is 2.33 bits per heavy atom. The molecule has 1 aromatic rings. The largest absolute Gasteiger partial charge is 0.465 e. The van der Waals surface area contributed by atoms with Gasteiger partial charge in [0.15, 0.2) is 0 Å². The first kappa shape index (κ1) is 17.6. The van der Waals surface area contributed by atoms with Crippen LogP contribution >= 0.6 is 0 Å². The van der Waals surface area contributed by atoms with Gasteiger partial charge in [-0.25, -0.2) is 17.9 Å². The van der Waals surface area contributed by atoms with E-state index >= 15 is 0 Å². The first-order valence-electron chi connectivity index (χ1n) is 6.58. The van der Waals surface area contributed by atoms with Gasteiger partial charge in [0.25, 0.3) is 0 Å². The number of benzene rings is 1. The molecule has 0 aliphatic rings. The highest BCUT2D eigenvalue weighted by molar-refractivity contribution is 7.88. The van der Waals surface area contributed by atoms with E-state index in [2.05, 4.69) is 9.46 Å². The van der Waals surface area contributed by atoms with Crippen LogP contribution in [0, 0.1) is 5.92 Å². The lowest BCUT2D eigenvalue weighted by molar-refractivity contribution is 0.0600. The summed E-state index contributed by atoms with van der Waals surface area (Å²) in [6.07, 6.45) is -0.721. The molecule has 7 heteroatoms. The van der Waals surface area contributed by atoms with Crippen LogP contribution < -0.4 is 4.72 Å². The van der Waals surface area contributed by atoms with Gasteiger partial charge in [-0.05, 0) is 23.6 Å². The fourth-order valence-electron chi connectivity index (χ4n) is 1.57. The summed E-state index contributed by atoms with van der Waals surface area (Å²) in [6.45, 7) is 3.61. The number of aliphatic hydroxyl groups is 1. The van der Waals surface area contributed by atoms with Crippen LogP contribution in [0.4, 0.5) is 0 Å². The number of carbonyl (C=O) groups is 1. The summed E-state index contributed by atoms with van der Waals surface area (Å²) < 4.78 is 30.7. The molecule has 6 nitrogen and oxygen atoms in total. The molecule has 0 saturated heterocycles. The molecule has 1 unspecified atom stereocenters. The monoisotopic (exact) mass is 315 g/mol. The van der Waals surface area contributed by atoms with Crippen molar-refractivity contribution in [2.24, 2.45) is 5.92 Å². The summed E-state index contributed by atoms with van der Waals surface area (Å²) in [5.74, 6) is -0.700. The van der Waals surface area contributed by atoms with Gasteiger partial charge in [-0.1, -0.05) is 26.0 Å². The van der Waals surface area contributed by atoms with Crippen molar-refractivity contribution in [3.8, 4) is 0 Å². The lowest BCUT2D eigenvalue weighted by Crippen LogP contribution is -2.35. The summed E-state index contributed by atoms with van der Waals surface area (Å²) in [6, 6.07) is 6.15. The highest BCUT2D eigenvalue weighted by atomic mass is 32.2. The average molecular weight is 315 g/mol. The molecule has 0 fully saturated rings. The Balaban J connectivity index is 2.65. The van der Waals surface area contributed by atoms with Crippen LogP contribution in [0.15, 0.2) is 24.3 Å². The van der Waals surface area contributed by atoms with Crippen LogP contribution in [0.5, 0.6) is 0 Å². The summed E-state index contributed by atoms with van der Waals surface area (Å²) in [7, 11) is -2.25. The number of methoxy groups -OCH3 is 1. The first-order valence-corrected chi connectivity index (χ1v) is 8.23. The topological polar surface area (TPSA) is 92.7 Å². The van der Waals surface area contributed by atoms with Gasteiger partial charge in [-0.15, -0.1) is 0 Å². The number of hydrogen-bond donors (Lipinski definition) is 2. The summed E-state index contributed by atoms with van der Waals surface area (Å²) in [5.41, 5.74) is 0.913. The minimum atomic E-state index is -3.53. The van der Waals surface area contributed by atoms with Crippen LogP contribution in [0.1, 0.15) is 29.8 Å². The molecule has 0 saturated carbocycles. The molecule has 0 aliphatic heterocycles. The Labute approximate surface area is 125 Å². The molecule has 1 rings (SSSR count). The number of esters is 1. The minimum absolute atomic E-state index is 0.0136. The van der Waals surface area contributed by atoms with Gasteiger partial charge in [-0.3, -0.25) is 0 Å². The van der Waals surface area contributed by atoms with Crippen LogP contribution in [-0.2, 0) is 20.5 Å². The van der Waals surface area contributed by atoms with Gasteiger partial charge in [-0.2, -0.15) is 0 Å². The minimum Gasteiger partial charge on any atom is -0.465 e. The standard InChI is InChI=1S/C14H21NO5S/c1-10(2)13(16)8-15-21(18,19)9-11-4-6-12(7-5-11)14(17)20-3/h4-7,10,13,15-16H,8-9H2,1-3H3. The Hall–Kier alpha value is -1.44. The molecule has 0 radical (unpaired) electrons. The second-order valence-corrected chi connectivity index (χ2v) is 6.91. The normalized spacial score (nSPS) is 13.2. The van der Waals surface area contributed by atoms with Crippen LogP contribution in [0.3, 0.4) is 0 Å². The van der Waals surface area contributed by atoms with Crippen LogP contribution in [0.2, 0.25) is 0 Å². The van der Waals surface area contributed by atoms with Crippen molar-refractivity contribution in [3.63, 3.8) is 0 Å². The van der Waals surface area contributed by atoms with Crippen molar-refractivity contribution < 1.29 is 23.1 Å². The SMILES string of the molecule is COC(=O)c1ccc(CS(=O)(=O)NCC(O)C(C)C)cc1. The third-order valence-electron chi connectivity index (χ3n) is 3.01. The maximum Gasteiger partial charge on any atom is 0.337 e. The van der Waals surface area contributed by atoms with Gasteiger partial charge in [0.2, 0.25) is 10.0 Å². The Kier molecular flexibility index (Phi) is 6.32. The molecule has 118 valence electrons. The molecule has 1 aromatic carbocycles. The molecule has 0 aromatic heterocycles. The molecule has 0 amide bonds. The van der Waals surface area contributed by atoms with E-state index in [1.807, 2.05) is 13.8 Å². The molecular formula is C14H21NO5S. The van der Waals surface area contributed by atoms with Gasteiger partial charge >= 0.3 is 5.97 Å². The van der Waals surface area contributed by atoms with Crippen molar-refractivity contribution in [1.29, 1.82) is 0 Å². The van der Waals surface area contributed by atoms with Crippen molar-refractivity contribution >= 4 is 16.0 Å². The first-order chi connectivity index (χ1) is 9.75. The molecule has 0 heterocycles. The lowest BCUT2D eigenvalue weighted by atomic mass is 10.1. The third kappa shape index (κ3) is 5.82. The highest BCUT2D eigenvalue weighted by Gasteiger charge is 2.16. The number of ether oxygens (including phenoxy) is 1. The lowest BCUT2D eigenvalue weighted by Gasteiger charge is -2.15. The van der Waals surface area contributed by atoms with E-state index in [9.17, 15) is 18.3 Å². The predicted molar refractivity (Wildman–Crippen MR) is 79.3 cm³/mol. The molecule has 0 bridgehead atoms. The van der Waals surface area contributed by atoms with Crippen molar-refractivity contribution in [2.45, 2.75) is 25.7 Å². The zero-order chi connectivity index (χ0) is 16.0. The smallest absolute Gasteiger partial charge is 0.337 e. The number of sulfonamides is 1. The zero-order valence-corrected chi connectivity index (χ0v) is 13.2. The number of nitrogens with one attached hydrogen (secondary N) is 1. The van der Waals surface area contributed by atoms with E-state index < -0.39 is 22.1 Å². The quantitative estimate of drug-likeness (QED) is 0.730. The molecule has 0 aliphatic carbocycles. The van der Waals surface area contributed by atoms with Crippen LogP contribution in [-0.4, -0.2) is 39.3 Å². The van der Waals surface area contributed by atoms with Gasteiger partial charge in [0.05, 0.1) is 24.5 Å². The van der Waals surface area contributed by atoms with E-state index in [1.165, 1.54) is 19.2 Å². The number of hydrogen-bond acceptors (Lipinski definition) is 5. The molecule has 0 spiro atoms. The van der Waals surface area contributed by atoms with Crippen molar-refractivity contribution in [3.05, 3.63) is 35.4 Å². The molecular weight excluding hydrogens is 294 g/mol. The number of carbonyl (C=O) groups excluding carboxylic acids is 1. The third-order valence-corrected chi connectivity index (χ3v) is 4.33. The van der Waals surface area contributed by atoms with E-state index in [4.69, 9.17) is 0 Å². The molecule has 2 N–H and O–H groups in total. The fraction of sp³-hybridized carbons (Fsp3) is 0.500. The number of aliphatic hydroxyl groups excluding tert-OH is 1. The number of rotatable bonds is 7. The van der Waals surface area contributed by atoms with E-state index in [-0.39, 0.29) is 18.2 Å². The van der Waals surface area contributed by atoms with E-state index in [0.29, 0.717) is 11.1 Å². The summed E-state index contributed by atoms with van der Waals surface area (Å²) >= 11 is 0. The maximum absolute atomic E-state index is 11.9. The summed E-state index contributed by atoms with van der Waals surface area (Å²) in [4.78, 5) is 11.3. The second-order valence-electron chi connectivity index (χ2n) is 5.11. The Bertz CT molecular complexity index is 566. The van der Waals surface area contributed by atoms with E-state index in [0.717, 1.165) is 0 Å². The Morgan fingerprint density at radius 2 is 1.86 bits per heavy atom. The maximum atomic E-state index is 11.9. The highest BCUT2D eigenvalue weighted by Crippen LogP contribution is 2.09. The summed E-state index contributed by atoms with van der Waals surface area (Å²) in [5, 5.41) is 9.60. The van der Waals surface area contributed by atoms with Gasteiger partial charge in [0, 0.05) is 6.54 Å². The second kappa shape index (κ2) is 7.53. The Morgan fingerprint density at radius 1 is 1.29 bits per heavy atom. The van der Waals surface area contributed by atoms with Crippen molar-refractivity contribution in [1.82, 2.24) is 4.72 Å². The van der Waals surface area contributed by atoms with E-state index in [1.54, 1.807) is 12.1 Å². The van der Waals surface area contributed by atoms with Gasteiger partial charge in [0.1, 0.15) is 0 Å². The zero-order valence-electron chi connectivity index (χ0n) is 12.4. The van der Waals surface area contributed by atoms with Gasteiger partial charge < -0.3 is 9.84 Å². The fourth-order valence-corrected chi connectivity index (χ4v) is 2.73. The molecule has 1 atom stereocenters.